The average Bonchev–Trinajstić information content (AvgIpc) is 2.12. The molecule has 11 heteroatoms. The Kier molecular flexibility index (Phi) is 17.7. The van der Waals surface area contributed by atoms with E-state index in [2.05, 4.69) is 10.4 Å². The fourth-order valence-electron chi connectivity index (χ4n) is 1.35. The van der Waals surface area contributed by atoms with Crippen LogP contribution in [-0.4, -0.2) is 6.16 Å². The molecule has 0 radical (unpaired) electrons. The quantitative estimate of drug-likeness (QED) is 0.433. The molecule has 9 nitrogen and oxygen atoms in total. The molecule has 0 aliphatic carbocycles. The van der Waals surface area contributed by atoms with Gasteiger partial charge in [-0.3, -0.25) is 0 Å². The van der Waals surface area contributed by atoms with Crippen molar-refractivity contribution in [3.63, 3.8) is 0 Å². The first-order valence-corrected chi connectivity index (χ1v) is 9.03. The van der Waals surface area contributed by atoms with Crippen molar-refractivity contribution in [2.75, 3.05) is 6.16 Å². The van der Waals surface area contributed by atoms with E-state index in [1.807, 2.05) is 20.8 Å². The molecule has 0 aliphatic heterocycles. The van der Waals surface area contributed by atoms with Gasteiger partial charge in [-0.1, -0.05) is 23.3 Å². The molecular formula is C11H31N3O6P2. The van der Waals surface area contributed by atoms with E-state index < -0.39 is 21.6 Å². The zero-order chi connectivity index (χ0) is 15.1. The van der Waals surface area contributed by atoms with E-state index in [0.29, 0.717) is 0 Å². The maximum Gasteiger partial charge on any atom is 0.140 e. The standard InChI is InChI=1S/C11H22O6P2.3H3N/c1-10(2)6-4-7-11(3)8-5-9-18(12,13)17-19(14,15)16;;;/h6,8H,4-5,7,9H2,1-3H3,(H,12,13)(H2,14,15,16);3*1H3/b11-8+;;;. The van der Waals surface area contributed by atoms with Crippen LogP contribution in [0.25, 0.3) is 0 Å². The normalized spacial score (nSPS) is 13.8. The summed E-state index contributed by atoms with van der Waals surface area (Å²) in [6.45, 7) is 5.85. The van der Waals surface area contributed by atoms with Crippen molar-refractivity contribution in [2.24, 2.45) is 0 Å². The summed E-state index contributed by atoms with van der Waals surface area (Å²) in [6, 6.07) is 0. The van der Waals surface area contributed by atoms with Gasteiger partial charge in [-0.05, 0) is 40.0 Å². The Morgan fingerprint density at radius 3 is 1.86 bits per heavy atom. The molecule has 0 amide bonds. The van der Waals surface area contributed by atoms with E-state index in [4.69, 9.17) is 0 Å². The van der Waals surface area contributed by atoms with Gasteiger partial charge in [0.2, 0.25) is 0 Å². The van der Waals surface area contributed by atoms with Crippen LogP contribution in [0.5, 0.6) is 0 Å². The summed E-state index contributed by atoms with van der Waals surface area (Å²) in [7, 11) is -10.1. The highest BCUT2D eigenvalue weighted by molar-refractivity contribution is 7.61. The van der Waals surface area contributed by atoms with E-state index in [1.165, 1.54) is 5.57 Å². The number of rotatable bonds is 8. The van der Waals surface area contributed by atoms with Gasteiger partial charge in [-0.15, -0.1) is 0 Å². The summed E-state index contributed by atoms with van der Waals surface area (Å²) in [4.78, 5) is 31.5. The second kappa shape index (κ2) is 13.1. The highest BCUT2D eigenvalue weighted by Gasteiger charge is 2.09. The molecule has 0 aliphatic rings. The molecule has 0 spiro atoms. The van der Waals surface area contributed by atoms with Gasteiger partial charge in [0, 0.05) is 6.16 Å². The summed E-state index contributed by atoms with van der Waals surface area (Å²) in [6.07, 6.45) is 5.07. The topological polar surface area (TPSA) is 222 Å². The van der Waals surface area contributed by atoms with Gasteiger partial charge in [0.05, 0.1) is 7.82 Å². The minimum Gasteiger partial charge on any atom is -0.790 e. The van der Waals surface area contributed by atoms with Gasteiger partial charge < -0.3 is 46.6 Å². The van der Waals surface area contributed by atoms with Crippen molar-refractivity contribution in [3.8, 4) is 0 Å². The zero-order valence-corrected chi connectivity index (χ0v) is 16.1. The lowest BCUT2D eigenvalue weighted by atomic mass is 10.1. The van der Waals surface area contributed by atoms with Gasteiger partial charge in [0.25, 0.3) is 0 Å². The van der Waals surface area contributed by atoms with Gasteiger partial charge in [-0.25, -0.2) is 0 Å². The SMILES string of the molecule is CC(C)=CCC/C(C)=C/CCP(=O)([O-])OP(=O)([O-])[O-].[NH4+].[NH4+].[NH4+]. The van der Waals surface area contributed by atoms with Crippen molar-refractivity contribution in [1.82, 2.24) is 18.5 Å². The summed E-state index contributed by atoms with van der Waals surface area (Å²) in [5.74, 6) is 0. The van der Waals surface area contributed by atoms with Crippen LogP contribution >= 0.6 is 15.4 Å². The second-order valence-corrected chi connectivity index (χ2v) is 7.74. The van der Waals surface area contributed by atoms with Gasteiger partial charge in [0.1, 0.15) is 7.60 Å². The molecule has 136 valence electrons. The van der Waals surface area contributed by atoms with Gasteiger partial charge in [0.15, 0.2) is 0 Å². The Bertz CT molecular complexity index is 443. The van der Waals surface area contributed by atoms with Crippen molar-refractivity contribution >= 4 is 15.4 Å². The lowest BCUT2D eigenvalue weighted by Gasteiger charge is -2.35. The molecule has 12 N–H and O–H groups in total. The number of quaternary nitrogens is 3. The minimum absolute atomic E-state index is 0. The summed E-state index contributed by atoms with van der Waals surface area (Å²) in [5.41, 5.74) is 2.22. The third kappa shape index (κ3) is 19.7. The smallest absolute Gasteiger partial charge is 0.140 e. The van der Waals surface area contributed by atoms with Crippen LogP contribution in [0.1, 0.15) is 40.0 Å². The first-order chi connectivity index (χ1) is 8.52. The first kappa shape index (κ1) is 29.6. The molecule has 0 fully saturated rings. The van der Waals surface area contributed by atoms with Crippen molar-refractivity contribution in [3.05, 3.63) is 23.3 Å². The van der Waals surface area contributed by atoms with Crippen LogP contribution < -0.4 is 33.1 Å². The van der Waals surface area contributed by atoms with E-state index >= 15 is 0 Å². The highest BCUT2D eigenvalue weighted by atomic mass is 31.3. The predicted molar refractivity (Wildman–Crippen MR) is 86.2 cm³/mol. The Morgan fingerprint density at radius 2 is 1.45 bits per heavy atom. The van der Waals surface area contributed by atoms with Gasteiger partial charge >= 0.3 is 0 Å². The summed E-state index contributed by atoms with van der Waals surface area (Å²) in [5, 5.41) is 0. The minimum atomic E-state index is -5.48. The molecule has 0 aromatic heterocycles. The number of phosphoric acid groups is 1. The van der Waals surface area contributed by atoms with E-state index in [1.54, 1.807) is 6.08 Å². The number of allylic oxidation sites excluding steroid dienone is 4. The highest BCUT2D eigenvalue weighted by Crippen LogP contribution is 2.49. The molecule has 0 saturated carbocycles. The van der Waals surface area contributed by atoms with Crippen LogP contribution in [0.3, 0.4) is 0 Å². The van der Waals surface area contributed by atoms with Crippen molar-refractivity contribution in [2.45, 2.75) is 40.0 Å². The Balaban J connectivity index is -0.000000540. The van der Waals surface area contributed by atoms with Crippen molar-refractivity contribution in [1.29, 1.82) is 0 Å². The molecule has 22 heavy (non-hydrogen) atoms. The predicted octanol–water partition coefficient (Wildman–Crippen LogP) is 2.60. The number of hydrogen-bond acceptors (Lipinski definition) is 6. The van der Waals surface area contributed by atoms with Crippen molar-refractivity contribution < 1.29 is 28.1 Å². The fourth-order valence-corrected chi connectivity index (χ4v) is 3.34. The van der Waals surface area contributed by atoms with E-state index in [-0.39, 0.29) is 24.9 Å². The third-order valence-electron chi connectivity index (χ3n) is 2.21. The van der Waals surface area contributed by atoms with Crippen LogP contribution in [0.4, 0.5) is 0 Å². The molecule has 0 saturated heterocycles. The second-order valence-electron chi connectivity index (χ2n) is 4.52. The van der Waals surface area contributed by atoms with Crippen LogP contribution in [-0.2, 0) is 13.4 Å². The Hall–Kier alpha value is -0.340. The first-order valence-electron chi connectivity index (χ1n) is 5.84. The Morgan fingerprint density at radius 1 is 0.955 bits per heavy atom. The maximum atomic E-state index is 11.1. The monoisotopic (exact) mass is 363 g/mol. The van der Waals surface area contributed by atoms with Gasteiger partial charge in [-0.2, -0.15) is 0 Å². The van der Waals surface area contributed by atoms with E-state index in [0.717, 1.165) is 18.4 Å². The summed E-state index contributed by atoms with van der Waals surface area (Å²) < 4.78 is 24.9. The molecular weight excluding hydrogens is 332 g/mol. The zero-order valence-electron chi connectivity index (χ0n) is 14.3. The maximum absolute atomic E-state index is 11.1. The summed E-state index contributed by atoms with van der Waals surface area (Å²) >= 11 is 0. The molecule has 0 aromatic carbocycles. The van der Waals surface area contributed by atoms with Crippen LogP contribution in [0, 0.1) is 0 Å². The van der Waals surface area contributed by atoms with Crippen LogP contribution in [0.15, 0.2) is 23.3 Å². The molecule has 0 aromatic rings. The lowest BCUT2D eigenvalue weighted by Crippen LogP contribution is -2.19. The molecule has 1 unspecified atom stereocenters. The molecule has 0 rings (SSSR count). The molecule has 0 bridgehead atoms. The lowest BCUT2D eigenvalue weighted by molar-refractivity contribution is -0.337. The fraction of sp³-hybridized carbons (Fsp3) is 0.636. The molecule has 1 atom stereocenters. The largest absolute Gasteiger partial charge is 0.790 e. The third-order valence-corrected chi connectivity index (χ3v) is 4.81. The Labute approximate surface area is 132 Å². The van der Waals surface area contributed by atoms with E-state index in [9.17, 15) is 23.8 Å². The molecule has 0 heterocycles. The number of hydrogen-bond donors (Lipinski definition) is 3. The van der Waals surface area contributed by atoms with Crippen LogP contribution in [0.2, 0.25) is 0 Å². The average molecular weight is 363 g/mol.